The summed E-state index contributed by atoms with van der Waals surface area (Å²) in [5.74, 6) is -0.453. The molecule has 0 aliphatic heterocycles. The van der Waals surface area contributed by atoms with Crippen LogP contribution in [0.3, 0.4) is 0 Å². The van der Waals surface area contributed by atoms with Gasteiger partial charge in [0.2, 0.25) is 0 Å². The fraction of sp³-hybridized carbons (Fsp3) is 0.111. The van der Waals surface area contributed by atoms with Gasteiger partial charge in [0, 0.05) is 5.69 Å². The third-order valence-corrected chi connectivity index (χ3v) is 1.80. The van der Waals surface area contributed by atoms with E-state index in [0.29, 0.717) is 5.69 Å². The zero-order chi connectivity index (χ0) is 10.8. The van der Waals surface area contributed by atoms with Crippen LogP contribution in [0.2, 0.25) is 0 Å². The van der Waals surface area contributed by atoms with E-state index in [1.807, 2.05) is 0 Å². The Bertz CT molecular complexity index is 484. The molecule has 0 fully saturated rings. The Balaban J connectivity index is 2.44. The maximum atomic E-state index is 13.4. The van der Waals surface area contributed by atoms with Gasteiger partial charge in [0.05, 0.1) is 12.7 Å². The molecule has 0 spiro atoms. The first kappa shape index (κ1) is 9.45. The Hall–Kier alpha value is -2.11. The number of hydrogen-bond donors (Lipinski definition) is 1. The van der Waals surface area contributed by atoms with Gasteiger partial charge in [0.1, 0.15) is 5.82 Å². The summed E-state index contributed by atoms with van der Waals surface area (Å²) in [7, 11) is 1.39. The van der Waals surface area contributed by atoms with Crippen LogP contribution in [0.5, 0.6) is 6.08 Å². The van der Waals surface area contributed by atoms with E-state index >= 15 is 0 Å². The van der Waals surface area contributed by atoms with Gasteiger partial charge in [-0.15, -0.1) is 5.10 Å². The van der Waals surface area contributed by atoms with Crippen molar-refractivity contribution in [3.05, 3.63) is 24.0 Å². The van der Waals surface area contributed by atoms with Gasteiger partial charge in [-0.2, -0.15) is 0 Å². The summed E-state index contributed by atoms with van der Waals surface area (Å²) in [4.78, 5) is 0. The molecule has 2 N–H and O–H groups in total. The Kier molecular flexibility index (Phi) is 2.24. The quantitative estimate of drug-likeness (QED) is 0.758. The second-order valence-electron chi connectivity index (χ2n) is 2.82. The minimum atomic E-state index is -0.513. The number of aromatic nitrogens is 2. The highest BCUT2D eigenvalue weighted by Gasteiger charge is 2.12. The second kappa shape index (κ2) is 3.56. The largest absolute Gasteiger partial charge is 0.452 e. The van der Waals surface area contributed by atoms with Crippen molar-refractivity contribution in [2.24, 2.45) is 0 Å². The predicted molar refractivity (Wildman–Crippen MR) is 50.7 cm³/mol. The second-order valence-corrected chi connectivity index (χ2v) is 2.82. The lowest BCUT2D eigenvalue weighted by molar-refractivity contribution is 0.293. The predicted octanol–water partition coefficient (Wildman–Crippen LogP) is 1.47. The summed E-state index contributed by atoms with van der Waals surface area (Å²) in [6, 6.07) is 4.21. The number of nitrogen functional groups attached to an aromatic ring is 1. The number of halogens is 1. The summed E-state index contributed by atoms with van der Waals surface area (Å²) < 4.78 is 23.1. The molecular formula is C9H8FN3O2. The van der Waals surface area contributed by atoms with Crippen LogP contribution in [0.15, 0.2) is 22.6 Å². The van der Waals surface area contributed by atoms with Crippen molar-refractivity contribution in [2.75, 3.05) is 12.8 Å². The number of methoxy groups -OCH3 is 1. The van der Waals surface area contributed by atoms with Gasteiger partial charge in [-0.25, -0.2) is 4.39 Å². The molecule has 0 atom stereocenters. The van der Waals surface area contributed by atoms with Crippen molar-refractivity contribution in [2.45, 2.75) is 0 Å². The van der Waals surface area contributed by atoms with Crippen molar-refractivity contribution in [3.8, 4) is 17.5 Å². The average molecular weight is 209 g/mol. The van der Waals surface area contributed by atoms with Crippen LogP contribution in [0.1, 0.15) is 0 Å². The summed E-state index contributed by atoms with van der Waals surface area (Å²) in [5.41, 5.74) is 5.94. The molecule has 5 nitrogen and oxygen atoms in total. The normalized spacial score (nSPS) is 10.3. The van der Waals surface area contributed by atoms with Gasteiger partial charge in [-0.3, -0.25) is 0 Å². The molecular weight excluding hydrogens is 201 g/mol. The van der Waals surface area contributed by atoms with E-state index in [4.69, 9.17) is 14.9 Å². The van der Waals surface area contributed by atoms with Gasteiger partial charge < -0.3 is 14.9 Å². The Labute approximate surface area is 84.7 Å². The van der Waals surface area contributed by atoms with E-state index in [1.165, 1.54) is 19.2 Å². The maximum Gasteiger partial charge on any atom is 0.414 e. The van der Waals surface area contributed by atoms with Crippen LogP contribution >= 0.6 is 0 Å². The minimum absolute atomic E-state index is 0.0128. The number of hydrogen-bond acceptors (Lipinski definition) is 5. The highest BCUT2D eigenvalue weighted by Crippen LogP contribution is 2.24. The number of anilines is 1. The third-order valence-electron chi connectivity index (χ3n) is 1.80. The zero-order valence-corrected chi connectivity index (χ0v) is 7.90. The van der Waals surface area contributed by atoms with Crippen LogP contribution in [0, 0.1) is 5.82 Å². The fourth-order valence-corrected chi connectivity index (χ4v) is 1.11. The highest BCUT2D eigenvalue weighted by atomic mass is 19.1. The van der Waals surface area contributed by atoms with Gasteiger partial charge >= 0.3 is 6.08 Å². The van der Waals surface area contributed by atoms with Crippen LogP contribution in [-0.2, 0) is 0 Å². The van der Waals surface area contributed by atoms with E-state index in [0.717, 1.165) is 0 Å². The molecule has 2 aromatic rings. The van der Waals surface area contributed by atoms with E-state index in [1.54, 1.807) is 6.07 Å². The molecule has 0 saturated heterocycles. The minimum Gasteiger partial charge on any atom is -0.452 e. The molecule has 1 aromatic carbocycles. The van der Waals surface area contributed by atoms with E-state index in [2.05, 4.69) is 10.2 Å². The number of nitrogens with zero attached hydrogens (tertiary/aromatic N) is 2. The first-order valence-electron chi connectivity index (χ1n) is 4.13. The SMILES string of the molecule is COc1nnc(-c2ccc(N)cc2F)o1. The van der Waals surface area contributed by atoms with Crippen molar-refractivity contribution in [3.63, 3.8) is 0 Å². The topological polar surface area (TPSA) is 74.2 Å². The van der Waals surface area contributed by atoms with E-state index < -0.39 is 5.82 Å². The smallest absolute Gasteiger partial charge is 0.414 e. The molecule has 0 aliphatic carbocycles. The summed E-state index contributed by atoms with van der Waals surface area (Å²) in [6.07, 6.45) is -0.0128. The molecule has 0 amide bonds. The Morgan fingerprint density at radius 3 is 2.80 bits per heavy atom. The van der Waals surface area contributed by atoms with Crippen molar-refractivity contribution < 1.29 is 13.5 Å². The molecule has 0 bridgehead atoms. The van der Waals surface area contributed by atoms with Crippen molar-refractivity contribution in [1.29, 1.82) is 0 Å². The first-order chi connectivity index (χ1) is 7.20. The molecule has 6 heteroatoms. The number of nitrogens with two attached hydrogens (primary N) is 1. The lowest BCUT2D eigenvalue weighted by Crippen LogP contribution is -1.89. The van der Waals surface area contributed by atoms with Gasteiger partial charge in [0.25, 0.3) is 5.89 Å². The standard InChI is InChI=1S/C9H8FN3O2/c1-14-9-13-12-8(15-9)6-3-2-5(11)4-7(6)10/h2-4H,11H2,1H3. The third kappa shape index (κ3) is 1.74. The summed E-state index contributed by atoms with van der Waals surface area (Å²) in [6.45, 7) is 0. The van der Waals surface area contributed by atoms with Crippen LogP contribution in [0.4, 0.5) is 10.1 Å². The Morgan fingerprint density at radius 1 is 1.40 bits per heavy atom. The molecule has 15 heavy (non-hydrogen) atoms. The monoisotopic (exact) mass is 209 g/mol. The van der Waals surface area contributed by atoms with Gasteiger partial charge in [0.15, 0.2) is 0 Å². The first-order valence-corrected chi connectivity index (χ1v) is 4.13. The summed E-state index contributed by atoms with van der Waals surface area (Å²) in [5, 5.41) is 7.16. The molecule has 78 valence electrons. The highest BCUT2D eigenvalue weighted by molar-refractivity contribution is 5.58. The number of ether oxygens (including phenoxy) is 1. The lowest BCUT2D eigenvalue weighted by Gasteiger charge is -1.98. The average Bonchev–Trinajstić information content (AvgIpc) is 2.66. The zero-order valence-electron chi connectivity index (χ0n) is 7.90. The number of benzene rings is 1. The molecule has 0 aliphatic rings. The molecule has 1 aromatic heterocycles. The molecule has 0 saturated carbocycles. The van der Waals surface area contributed by atoms with Crippen LogP contribution in [-0.4, -0.2) is 17.3 Å². The number of rotatable bonds is 2. The molecule has 0 radical (unpaired) electrons. The van der Waals surface area contributed by atoms with E-state index in [-0.39, 0.29) is 17.5 Å². The summed E-state index contributed by atoms with van der Waals surface area (Å²) >= 11 is 0. The Morgan fingerprint density at radius 2 is 2.20 bits per heavy atom. The van der Waals surface area contributed by atoms with Crippen molar-refractivity contribution in [1.82, 2.24) is 10.2 Å². The molecule has 0 unspecified atom stereocenters. The van der Waals surface area contributed by atoms with Crippen LogP contribution < -0.4 is 10.5 Å². The van der Waals surface area contributed by atoms with Gasteiger partial charge in [-0.05, 0) is 18.2 Å². The lowest BCUT2D eigenvalue weighted by atomic mass is 10.2. The molecule has 1 heterocycles. The van der Waals surface area contributed by atoms with Crippen LogP contribution in [0.25, 0.3) is 11.5 Å². The van der Waals surface area contributed by atoms with E-state index in [9.17, 15) is 4.39 Å². The van der Waals surface area contributed by atoms with Crippen molar-refractivity contribution >= 4 is 5.69 Å². The fourth-order valence-electron chi connectivity index (χ4n) is 1.11. The molecule has 2 rings (SSSR count). The van der Waals surface area contributed by atoms with Gasteiger partial charge in [-0.1, -0.05) is 5.10 Å². The maximum absolute atomic E-state index is 13.4.